The molecule has 3 heteroatoms. The Kier molecular flexibility index (Phi) is 8.13. The van der Waals surface area contributed by atoms with Gasteiger partial charge in [-0.2, -0.15) is 0 Å². The molecule has 0 aromatic rings. The second kappa shape index (κ2) is 8.69. The van der Waals surface area contributed by atoms with Crippen molar-refractivity contribution < 1.29 is 15.3 Å². The normalized spacial score (nSPS) is 15.6. The van der Waals surface area contributed by atoms with Crippen LogP contribution in [-0.4, -0.2) is 35.1 Å². The van der Waals surface area contributed by atoms with E-state index in [-0.39, 0.29) is 25.7 Å². The van der Waals surface area contributed by atoms with Gasteiger partial charge in [0.05, 0.1) is 19.8 Å². The largest absolute Gasteiger partial charge is 0.395 e. The van der Waals surface area contributed by atoms with E-state index in [1.54, 1.807) is 18.2 Å². The van der Waals surface area contributed by atoms with Crippen LogP contribution in [0.3, 0.4) is 0 Å². The average Bonchev–Trinajstić information content (AvgIpc) is 2.22. The zero-order chi connectivity index (χ0) is 10.8. The fourth-order valence-corrected chi connectivity index (χ4v) is 1.08. The molecule has 0 spiro atoms. The van der Waals surface area contributed by atoms with E-state index >= 15 is 0 Å². The second-order valence-electron chi connectivity index (χ2n) is 2.83. The molecular formula is C11H18O3. The Labute approximate surface area is 84.7 Å². The van der Waals surface area contributed by atoms with Crippen molar-refractivity contribution in [2.45, 2.75) is 6.92 Å². The molecule has 0 heterocycles. The maximum absolute atomic E-state index is 9.04. The van der Waals surface area contributed by atoms with Crippen molar-refractivity contribution in [2.24, 2.45) is 5.92 Å². The smallest absolute Gasteiger partial charge is 0.0651 e. The van der Waals surface area contributed by atoms with Crippen molar-refractivity contribution in [3.8, 4) is 0 Å². The van der Waals surface area contributed by atoms with Crippen LogP contribution in [0.25, 0.3) is 0 Å². The molecule has 0 radical (unpaired) electrons. The molecule has 3 nitrogen and oxygen atoms in total. The Balaban J connectivity index is 4.49. The minimum atomic E-state index is -0.145. The highest BCUT2D eigenvalue weighted by atomic mass is 16.3. The fourth-order valence-electron chi connectivity index (χ4n) is 1.08. The number of aliphatic hydroxyl groups excluding tert-OH is 3. The number of hydrogen-bond donors (Lipinski definition) is 3. The molecule has 0 amide bonds. The zero-order valence-corrected chi connectivity index (χ0v) is 8.43. The first-order valence-corrected chi connectivity index (χ1v) is 4.61. The van der Waals surface area contributed by atoms with Crippen LogP contribution >= 0.6 is 0 Å². The van der Waals surface area contributed by atoms with Crippen LogP contribution in [0, 0.1) is 5.92 Å². The van der Waals surface area contributed by atoms with Crippen LogP contribution in [0.5, 0.6) is 0 Å². The van der Waals surface area contributed by atoms with Gasteiger partial charge in [0.15, 0.2) is 0 Å². The van der Waals surface area contributed by atoms with Crippen molar-refractivity contribution in [3.63, 3.8) is 0 Å². The highest BCUT2D eigenvalue weighted by molar-refractivity contribution is 5.19. The molecule has 1 atom stereocenters. The molecule has 14 heavy (non-hydrogen) atoms. The van der Waals surface area contributed by atoms with Crippen LogP contribution in [0.4, 0.5) is 0 Å². The van der Waals surface area contributed by atoms with Crippen molar-refractivity contribution in [1.29, 1.82) is 0 Å². The SMILES string of the molecule is C/C=C/[C@@H](CO)/C(=C/C=C/CO)CO. The molecule has 0 aliphatic heterocycles. The van der Waals surface area contributed by atoms with E-state index < -0.39 is 0 Å². The lowest BCUT2D eigenvalue weighted by Crippen LogP contribution is -2.09. The highest BCUT2D eigenvalue weighted by Gasteiger charge is 2.07. The predicted molar refractivity (Wildman–Crippen MR) is 56.8 cm³/mol. The summed E-state index contributed by atoms with van der Waals surface area (Å²) in [6.45, 7) is 1.72. The molecule has 0 saturated carbocycles. The summed E-state index contributed by atoms with van der Waals surface area (Å²) < 4.78 is 0. The number of rotatable bonds is 6. The summed E-state index contributed by atoms with van der Waals surface area (Å²) in [5, 5.41) is 26.6. The van der Waals surface area contributed by atoms with E-state index in [1.807, 2.05) is 19.1 Å². The topological polar surface area (TPSA) is 60.7 Å². The van der Waals surface area contributed by atoms with Gasteiger partial charge in [0.25, 0.3) is 0 Å². The molecule has 0 fully saturated rings. The summed E-state index contributed by atoms with van der Waals surface area (Å²) in [7, 11) is 0. The predicted octanol–water partition coefficient (Wildman–Crippen LogP) is 0.638. The van der Waals surface area contributed by atoms with Crippen molar-refractivity contribution in [1.82, 2.24) is 0 Å². The van der Waals surface area contributed by atoms with Gasteiger partial charge in [0, 0.05) is 5.92 Å². The standard InChI is InChI=1S/C11H18O3/c1-2-5-10(8-13)11(9-14)6-3-4-7-12/h2-6,10,12-14H,7-9H2,1H3/b4-3+,5-2+,11-6+/t10-/m0/s1. The summed E-state index contributed by atoms with van der Waals surface area (Å²) >= 11 is 0. The molecule has 3 N–H and O–H groups in total. The van der Waals surface area contributed by atoms with Crippen LogP contribution in [0.15, 0.2) is 36.0 Å². The van der Waals surface area contributed by atoms with Gasteiger partial charge in [-0.15, -0.1) is 0 Å². The van der Waals surface area contributed by atoms with E-state index in [9.17, 15) is 0 Å². The van der Waals surface area contributed by atoms with Crippen molar-refractivity contribution >= 4 is 0 Å². The van der Waals surface area contributed by atoms with Crippen LogP contribution in [0.1, 0.15) is 6.92 Å². The molecule has 0 aromatic heterocycles. The first-order valence-electron chi connectivity index (χ1n) is 4.61. The summed E-state index contributed by atoms with van der Waals surface area (Å²) in [5.74, 6) is -0.145. The van der Waals surface area contributed by atoms with Gasteiger partial charge in [-0.05, 0) is 12.5 Å². The third-order valence-corrected chi connectivity index (χ3v) is 1.83. The third-order valence-electron chi connectivity index (χ3n) is 1.83. The number of allylic oxidation sites excluding steroid dienone is 3. The highest BCUT2D eigenvalue weighted by Crippen LogP contribution is 2.11. The maximum atomic E-state index is 9.04. The Morgan fingerprint density at radius 3 is 2.43 bits per heavy atom. The average molecular weight is 198 g/mol. The van der Waals surface area contributed by atoms with E-state index in [1.165, 1.54) is 0 Å². The lowest BCUT2D eigenvalue weighted by atomic mass is 9.99. The Bertz CT molecular complexity index is 217. The lowest BCUT2D eigenvalue weighted by molar-refractivity contribution is 0.248. The van der Waals surface area contributed by atoms with Gasteiger partial charge in [0.1, 0.15) is 0 Å². The van der Waals surface area contributed by atoms with E-state index in [2.05, 4.69) is 0 Å². The Hall–Kier alpha value is -0.900. The first kappa shape index (κ1) is 13.1. The Morgan fingerprint density at radius 1 is 1.29 bits per heavy atom. The summed E-state index contributed by atoms with van der Waals surface area (Å²) in [6.07, 6.45) is 8.60. The van der Waals surface area contributed by atoms with Gasteiger partial charge in [-0.3, -0.25) is 0 Å². The summed E-state index contributed by atoms with van der Waals surface area (Å²) in [5.41, 5.74) is 0.732. The Morgan fingerprint density at radius 2 is 2.00 bits per heavy atom. The molecule has 0 saturated heterocycles. The molecule has 0 aliphatic rings. The van der Waals surface area contributed by atoms with Crippen LogP contribution < -0.4 is 0 Å². The molecule has 0 bridgehead atoms. The minimum absolute atomic E-state index is 0.0241. The van der Waals surface area contributed by atoms with E-state index in [4.69, 9.17) is 15.3 Å². The molecule has 0 aromatic carbocycles. The monoisotopic (exact) mass is 198 g/mol. The van der Waals surface area contributed by atoms with Gasteiger partial charge >= 0.3 is 0 Å². The summed E-state index contributed by atoms with van der Waals surface area (Å²) in [4.78, 5) is 0. The van der Waals surface area contributed by atoms with Gasteiger partial charge < -0.3 is 15.3 Å². The van der Waals surface area contributed by atoms with Gasteiger partial charge in [-0.25, -0.2) is 0 Å². The van der Waals surface area contributed by atoms with Crippen LogP contribution in [0.2, 0.25) is 0 Å². The molecule has 80 valence electrons. The maximum Gasteiger partial charge on any atom is 0.0651 e. The quantitative estimate of drug-likeness (QED) is 0.433. The fraction of sp³-hybridized carbons (Fsp3) is 0.455. The first-order chi connectivity index (χ1) is 6.79. The number of aliphatic hydroxyl groups is 3. The molecule has 0 aliphatic carbocycles. The van der Waals surface area contributed by atoms with Gasteiger partial charge in [0.2, 0.25) is 0 Å². The lowest BCUT2D eigenvalue weighted by Gasteiger charge is -2.11. The third kappa shape index (κ3) is 4.97. The van der Waals surface area contributed by atoms with Crippen molar-refractivity contribution in [3.05, 3.63) is 36.0 Å². The van der Waals surface area contributed by atoms with Crippen molar-refractivity contribution in [2.75, 3.05) is 19.8 Å². The second-order valence-corrected chi connectivity index (χ2v) is 2.83. The molecule has 0 unspecified atom stereocenters. The van der Waals surface area contributed by atoms with Crippen LogP contribution in [-0.2, 0) is 0 Å². The summed E-state index contributed by atoms with van der Waals surface area (Å²) in [6, 6.07) is 0. The molecule has 0 rings (SSSR count). The minimum Gasteiger partial charge on any atom is -0.395 e. The van der Waals surface area contributed by atoms with E-state index in [0.717, 1.165) is 5.57 Å². The van der Waals surface area contributed by atoms with Gasteiger partial charge in [-0.1, -0.05) is 30.4 Å². The zero-order valence-electron chi connectivity index (χ0n) is 8.43. The van der Waals surface area contributed by atoms with E-state index in [0.29, 0.717) is 0 Å². The number of hydrogen-bond acceptors (Lipinski definition) is 3. The molecular weight excluding hydrogens is 180 g/mol.